The van der Waals surface area contributed by atoms with Gasteiger partial charge in [0.1, 0.15) is 12.4 Å². The molecule has 1 heterocycles. The zero-order valence-electron chi connectivity index (χ0n) is 11.4. The summed E-state index contributed by atoms with van der Waals surface area (Å²) in [6.45, 7) is 2.06. The number of morpholine rings is 1. The van der Waals surface area contributed by atoms with Gasteiger partial charge in [0.2, 0.25) is 5.91 Å². The van der Waals surface area contributed by atoms with Crippen LogP contribution in [-0.2, 0) is 9.53 Å². The van der Waals surface area contributed by atoms with Gasteiger partial charge in [-0.3, -0.25) is 4.79 Å². The monoisotopic (exact) mass is 264 g/mol. The van der Waals surface area contributed by atoms with Crippen LogP contribution in [0.3, 0.4) is 0 Å². The van der Waals surface area contributed by atoms with Crippen molar-refractivity contribution in [2.24, 2.45) is 0 Å². The molecule has 1 unspecified atom stereocenters. The highest BCUT2D eigenvalue weighted by Gasteiger charge is 2.23. The van der Waals surface area contributed by atoms with Crippen molar-refractivity contribution in [3.05, 3.63) is 29.8 Å². The second kappa shape index (κ2) is 6.54. The standard InChI is InChI=1S/C14H20N2O3/c1-15-12(9-16-7-8-19-10-14(16)17)11-5-3-4-6-13(11)18-2/h3-6,12,15H,7-10H2,1-2H3. The van der Waals surface area contributed by atoms with Crippen molar-refractivity contribution in [3.63, 3.8) is 0 Å². The van der Waals surface area contributed by atoms with E-state index in [9.17, 15) is 4.79 Å². The summed E-state index contributed by atoms with van der Waals surface area (Å²) in [5.41, 5.74) is 1.06. The topological polar surface area (TPSA) is 50.8 Å². The Kier molecular flexibility index (Phi) is 4.76. The fourth-order valence-electron chi connectivity index (χ4n) is 2.26. The largest absolute Gasteiger partial charge is 0.496 e. The Labute approximate surface area is 113 Å². The Morgan fingerprint density at radius 2 is 2.26 bits per heavy atom. The number of carbonyl (C=O) groups excluding carboxylic acids is 1. The van der Waals surface area contributed by atoms with Gasteiger partial charge in [-0.2, -0.15) is 0 Å². The second-order valence-corrected chi connectivity index (χ2v) is 4.48. The highest BCUT2D eigenvalue weighted by atomic mass is 16.5. The van der Waals surface area contributed by atoms with E-state index in [0.717, 1.165) is 11.3 Å². The molecule has 1 aliphatic heterocycles. The van der Waals surface area contributed by atoms with Crippen molar-refractivity contribution >= 4 is 5.91 Å². The molecule has 0 bridgehead atoms. The van der Waals surface area contributed by atoms with E-state index in [4.69, 9.17) is 9.47 Å². The van der Waals surface area contributed by atoms with Crippen LogP contribution < -0.4 is 10.1 Å². The summed E-state index contributed by atoms with van der Waals surface area (Å²) in [5.74, 6) is 0.879. The molecule has 1 aromatic rings. The molecule has 0 radical (unpaired) electrons. The van der Waals surface area contributed by atoms with Gasteiger partial charge in [0.15, 0.2) is 0 Å². The smallest absolute Gasteiger partial charge is 0.248 e. The molecule has 1 amide bonds. The Morgan fingerprint density at radius 3 is 2.95 bits per heavy atom. The predicted octanol–water partition coefficient (Wildman–Crippen LogP) is 0.814. The summed E-state index contributed by atoms with van der Waals surface area (Å²) >= 11 is 0. The molecule has 1 N–H and O–H groups in total. The number of nitrogens with zero attached hydrogens (tertiary/aromatic N) is 1. The minimum Gasteiger partial charge on any atom is -0.496 e. The van der Waals surface area contributed by atoms with Gasteiger partial charge in [0.05, 0.1) is 19.8 Å². The van der Waals surface area contributed by atoms with Crippen LogP contribution >= 0.6 is 0 Å². The van der Waals surface area contributed by atoms with Crippen LogP contribution in [-0.4, -0.2) is 51.3 Å². The lowest BCUT2D eigenvalue weighted by Crippen LogP contribution is -2.45. The lowest BCUT2D eigenvalue weighted by molar-refractivity contribution is -0.143. The van der Waals surface area contributed by atoms with Crippen LogP contribution in [0.25, 0.3) is 0 Å². The molecule has 5 heteroatoms. The van der Waals surface area contributed by atoms with E-state index in [1.165, 1.54) is 0 Å². The van der Waals surface area contributed by atoms with Gasteiger partial charge in [-0.05, 0) is 13.1 Å². The summed E-state index contributed by atoms with van der Waals surface area (Å²) in [4.78, 5) is 13.6. The van der Waals surface area contributed by atoms with Gasteiger partial charge in [-0.25, -0.2) is 0 Å². The Hall–Kier alpha value is -1.59. The van der Waals surface area contributed by atoms with E-state index in [-0.39, 0.29) is 18.6 Å². The quantitative estimate of drug-likeness (QED) is 0.855. The number of amides is 1. The van der Waals surface area contributed by atoms with E-state index in [1.54, 1.807) is 7.11 Å². The minimum atomic E-state index is 0.0430. The van der Waals surface area contributed by atoms with Crippen LogP contribution in [0.5, 0.6) is 5.75 Å². The van der Waals surface area contributed by atoms with Crippen molar-refractivity contribution in [2.45, 2.75) is 6.04 Å². The normalized spacial score (nSPS) is 17.4. The van der Waals surface area contributed by atoms with Gasteiger partial charge in [0, 0.05) is 18.7 Å². The van der Waals surface area contributed by atoms with Crippen LogP contribution in [0, 0.1) is 0 Å². The van der Waals surface area contributed by atoms with Crippen molar-refractivity contribution < 1.29 is 14.3 Å². The van der Waals surface area contributed by atoms with Crippen LogP contribution in [0.2, 0.25) is 0 Å². The van der Waals surface area contributed by atoms with E-state index >= 15 is 0 Å². The third kappa shape index (κ3) is 3.24. The molecule has 0 aromatic heterocycles. The molecule has 1 aliphatic rings. The number of hydrogen-bond donors (Lipinski definition) is 1. The number of nitrogens with one attached hydrogen (secondary N) is 1. The maximum absolute atomic E-state index is 11.8. The number of rotatable bonds is 5. The lowest BCUT2D eigenvalue weighted by Gasteiger charge is -2.31. The Bertz CT molecular complexity index is 436. The zero-order chi connectivity index (χ0) is 13.7. The number of para-hydroxylation sites is 1. The highest BCUT2D eigenvalue weighted by Crippen LogP contribution is 2.25. The summed E-state index contributed by atoms with van der Waals surface area (Å²) < 4.78 is 10.5. The molecule has 0 saturated carbocycles. The number of benzene rings is 1. The molecule has 1 aromatic carbocycles. The third-order valence-electron chi connectivity index (χ3n) is 3.35. The molecule has 0 aliphatic carbocycles. The maximum atomic E-state index is 11.8. The second-order valence-electron chi connectivity index (χ2n) is 4.48. The maximum Gasteiger partial charge on any atom is 0.248 e. The number of ether oxygens (including phenoxy) is 2. The number of carbonyl (C=O) groups is 1. The first-order valence-corrected chi connectivity index (χ1v) is 6.42. The fourth-order valence-corrected chi connectivity index (χ4v) is 2.26. The summed E-state index contributed by atoms with van der Waals surface area (Å²) in [6, 6.07) is 7.92. The van der Waals surface area contributed by atoms with Crippen molar-refractivity contribution in [1.29, 1.82) is 0 Å². The molecular formula is C14H20N2O3. The van der Waals surface area contributed by atoms with E-state index in [0.29, 0.717) is 19.7 Å². The van der Waals surface area contributed by atoms with Crippen molar-refractivity contribution in [3.8, 4) is 5.75 Å². The van der Waals surface area contributed by atoms with Gasteiger partial charge in [0.25, 0.3) is 0 Å². The van der Waals surface area contributed by atoms with Crippen molar-refractivity contribution in [1.82, 2.24) is 10.2 Å². The summed E-state index contributed by atoms with van der Waals surface area (Å²) in [6.07, 6.45) is 0. The molecule has 0 spiro atoms. The molecule has 2 rings (SSSR count). The van der Waals surface area contributed by atoms with Gasteiger partial charge >= 0.3 is 0 Å². The van der Waals surface area contributed by atoms with Crippen LogP contribution in [0.1, 0.15) is 11.6 Å². The first kappa shape index (κ1) is 13.8. The average molecular weight is 264 g/mol. The molecule has 1 fully saturated rings. The fraction of sp³-hybridized carbons (Fsp3) is 0.500. The van der Waals surface area contributed by atoms with E-state index < -0.39 is 0 Å². The molecule has 5 nitrogen and oxygen atoms in total. The predicted molar refractivity (Wildman–Crippen MR) is 72.2 cm³/mol. The van der Waals surface area contributed by atoms with E-state index in [1.807, 2.05) is 36.2 Å². The van der Waals surface area contributed by atoms with Crippen molar-refractivity contribution in [2.75, 3.05) is 40.5 Å². The Balaban J connectivity index is 2.13. The number of hydrogen-bond acceptors (Lipinski definition) is 4. The molecule has 19 heavy (non-hydrogen) atoms. The zero-order valence-corrected chi connectivity index (χ0v) is 11.4. The van der Waals surface area contributed by atoms with E-state index in [2.05, 4.69) is 5.32 Å². The van der Waals surface area contributed by atoms with Gasteiger partial charge in [-0.1, -0.05) is 18.2 Å². The third-order valence-corrected chi connectivity index (χ3v) is 3.35. The molecule has 1 atom stereocenters. The van der Waals surface area contributed by atoms with Gasteiger partial charge < -0.3 is 19.7 Å². The minimum absolute atomic E-state index is 0.0430. The van der Waals surface area contributed by atoms with Crippen LogP contribution in [0.15, 0.2) is 24.3 Å². The first-order valence-electron chi connectivity index (χ1n) is 6.42. The summed E-state index contributed by atoms with van der Waals surface area (Å²) in [5, 5.41) is 3.25. The molecule has 104 valence electrons. The number of methoxy groups -OCH3 is 1. The lowest BCUT2D eigenvalue weighted by atomic mass is 10.0. The molecule has 1 saturated heterocycles. The SMILES string of the molecule is CNC(CN1CCOCC1=O)c1ccccc1OC. The average Bonchev–Trinajstić information content (AvgIpc) is 2.46. The highest BCUT2D eigenvalue weighted by molar-refractivity contribution is 5.78. The molecular weight excluding hydrogens is 244 g/mol. The number of likely N-dealkylation sites (N-methyl/N-ethyl adjacent to an activating group) is 1. The first-order chi connectivity index (χ1) is 9.26. The summed E-state index contributed by atoms with van der Waals surface area (Å²) in [7, 11) is 3.55. The Morgan fingerprint density at radius 1 is 1.47 bits per heavy atom. The van der Waals surface area contributed by atoms with Crippen LogP contribution in [0.4, 0.5) is 0 Å². The van der Waals surface area contributed by atoms with Gasteiger partial charge in [-0.15, -0.1) is 0 Å².